The van der Waals surface area contributed by atoms with Gasteiger partial charge in [-0.1, -0.05) is 53.4 Å². The molecule has 0 aromatic rings. The monoisotopic (exact) mass is 225 g/mol. The number of hydrogen-bond donors (Lipinski definition) is 1. The van der Waals surface area contributed by atoms with Crippen molar-refractivity contribution in [2.75, 3.05) is 13.1 Å². The average Bonchev–Trinajstić information content (AvgIpc) is 2.19. The Morgan fingerprint density at radius 3 is 2.19 bits per heavy atom. The van der Waals surface area contributed by atoms with Crippen molar-refractivity contribution < 1.29 is 0 Å². The minimum atomic E-state index is 0.655. The normalized spacial score (nSPS) is 20.8. The zero-order valence-corrected chi connectivity index (χ0v) is 11.8. The largest absolute Gasteiger partial charge is 0.316 e. The average molecular weight is 225 g/mol. The van der Waals surface area contributed by atoms with Crippen molar-refractivity contribution in [1.82, 2.24) is 5.32 Å². The Hall–Kier alpha value is -0.0400. The van der Waals surface area contributed by atoms with E-state index in [0.717, 1.165) is 11.8 Å². The van der Waals surface area contributed by atoms with Crippen LogP contribution in [0.5, 0.6) is 0 Å². The molecule has 0 radical (unpaired) electrons. The summed E-state index contributed by atoms with van der Waals surface area (Å²) in [6.07, 6.45) is 8.49. The molecule has 1 aliphatic rings. The molecule has 0 aliphatic carbocycles. The summed E-state index contributed by atoms with van der Waals surface area (Å²) in [4.78, 5) is 0. The molecule has 16 heavy (non-hydrogen) atoms. The summed E-state index contributed by atoms with van der Waals surface area (Å²) in [5, 5.41) is 3.49. The maximum atomic E-state index is 3.49. The topological polar surface area (TPSA) is 12.0 Å². The smallest absolute Gasteiger partial charge is 0.00204 e. The van der Waals surface area contributed by atoms with Crippen molar-refractivity contribution in [2.24, 2.45) is 17.3 Å². The Balaban J connectivity index is 2.40. The predicted octanol–water partition coefficient (Wildman–Crippen LogP) is 4.23. The highest BCUT2D eigenvalue weighted by Gasteiger charge is 2.38. The summed E-state index contributed by atoms with van der Waals surface area (Å²) in [5.41, 5.74) is 0.655. The van der Waals surface area contributed by atoms with Gasteiger partial charge in [-0.05, 0) is 30.1 Å². The number of nitrogens with one attached hydrogen (secondary N) is 1. The SMILES string of the molecule is CCCCC(CC)CC1(CC(C)C)CNC1. The minimum Gasteiger partial charge on any atom is -0.316 e. The van der Waals surface area contributed by atoms with Crippen LogP contribution in [0.1, 0.15) is 66.2 Å². The zero-order valence-electron chi connectivity index (χ0n) is 11.8. The molecule has 0 aromatic carbocycles. The third-order valence-electron chi connectivity index (χ3n) is 4.11. The van der Waals surface area contributed by atoms with Crippen LogP contribution in [0.15, 0.2) is 0 Å². The first kappa shape index (κ1) is 14.0. The van der Waals surface area contributed by atoms with Crippen LogP contribution in [-0.4, -0.2) is 13.1 Å². The molecule has 1 nitrogen and oxygen atoms in total. The van der Waals surface area contributed by atoms with Crippen LogP contribution >= 0.6 is 0 Å². The maximum absolute atomic E-state index is 3.49. The summed E-state index contributed by atoms with van der Waals surface area (Å²) in [5.74, 6) is 1.83. The first-order valence-corrected chi connectivity index (χ1v) is 7.32. The highest BCUT2D eigenvalue weighted by atomic mass is 15.0. The minimum absolute atomic E-state index is 0.655. The van der Waals surface area contributed by atoms with Gasteiger partial charge in [0.25, 0.3) is 0 Å². The standard InChI is InChI=1S/C15H31N/c1-5-7-8-14(6-2)10-15(9-13(3)4)11-16-12-15/h13-14,16H,5-12H2,1-4H3. The number of unbranched alkanes of at least 4 members (excludes halogenated alkanes) is 1. The Morgan fingerprint density at radius 2 is 1.81 bits per heavy atom. The lowest BCUT2D eigenvalue weighted by Crippen LogP contribution is -2.54. The molecule has 0 saturated carbocycles. The van der Waals surface area contributed by atoms with Crippen molar-refractivity contribution in [3.05, 3.63) is 0 Å². The van der Waals surface area contributed by atoms with Crippen LogP contribution in [0, 0.1) is 17.3 Å². The lowest BCUT2D eigenvalue weighted by atomic mass is 9.68. The third-order valence-corrected chi connectivity index (χ3v) is 4.11. The van der Waals surface area contributed by atoms with E-state index < -0.39 is 0 Å². The molecule has 1 aliphatic heterocycles. The van der Waals surface area contributed by atoms with Crippen LogP contribution in [0.3, 0.4) is 0 Å². The lowest BCUT2D eigenvalue weighted by molar-refractivity contribution is 0.0892. The second-order valence-corrected chi connectivity index (χ2v) is 6.32. The quantitative estimate of drug-likeness (QED) is 0.652. The fourth-order valence-corrected chi connectivity index (χ4v) is 3.27. The highest BCUT2D eigenvalue weighted by Crippen LogP contribution is 2.39. The van der Waals surface area contributed by atoms with Crippen molar-refractivity contribution in [3.63, 3.8) is 0 Å². The Kier molecular flexibility index (Phi) is 5.82. The van der Waals surface area contributed by atoms with Crippen LogP contribution < -0.4 is 5.32 Å². The molecule has 0 bridgehead atoms. The maximum Gasteiger partial charge on any atom is 0.00204 e. The summed E-state index contributed by atoms with van der Waals surface area (Å²) in [6.45, 7) is 12.0. The van der Waals surface area contributed by atoms with E-state index in [-0.39, 0.29) is 0 Å². The van der Waals surface area contributed by atoms with Gasteiger partial charge in [-0.25, -0.2) is 0 Å². The fraction of sp³-hybridized carbons (Fsp3) is 1.00. The van der Waals surface area contributed by atoms with Crippen LogP contribution in [-0.2, 0) is 0 Å². The number of hydrogen-bond acceptors (Lipinski definition) is 1. The lowest BCUT2D eigenvalue weighted by Gasteiger charge is -2.46. The molecule has 1 saturated heterocycles. The van der Waals surface area contributed by atoms with E-state index in [4.69, 9.17) is 0 Å². The van der Waals surface area contributed by atoms with Gasteiger partial charge in [0.05, 0.1) is 0 Å². The van der Waals surface area contributed by atoms with E-state index in [2.05, 4.69) is 33.0 Å². The van der Waals surface area contributed by atoms with Crippen molar-refractivity contribution in [2.45, 2.75) is 66.2 Å². The Labute approximate surface area is 102 Å². The highest BCUT2D eigenvalue weighted by molar-refractivity contribution is 4.94. The van der Waals surface area contributed by atoms with Gasteiger partial charge >= 0.3 is 0 Å². The molecule has 1 heteroatoms. The second-order valence-electron chi connectivity index (χ2n) is 6.32. The molecule has 0 amide bonds. The fourth-order valence-electron chi connectivity index (χ4n) is 3.27. The first-order chi connectivity index (χ1) is 7.62. The van der Waals surface area contributed by atoms with Gasteiger partial charge in [0.2, 0.25) is 0 Å². The Bertz CT molecular complexity index is 182. The van der Waals surface area contributed by atoms with Gasteiger partial charge in [0.15, 0.2) is 0 Å². The Morgan fingerprint density at radius 1 is 1.12 bits per heavy atom. The van der Waals surface area contributed by atoms with Crippen LogP contribution in [0.2, 0.25) is 0 Å². The van der Waals surface area contributed by atoms with Crippen LogP contribution in [0.4, 0.5) is 0 Å². The summed E-state index contributed by atoms with van der Waals surface area (Å²) >= 11 is 0. The van der Waals surface area contributed by atoms with E-state index in [1.165, 1.54) is 51.6 Å². The van der Waals surface area contributed by atoms with Gasteiger partial charge in [0, 0.05) is 13.1 Å². The summed E-state index contributed by atoms with van der Waals surface area (Å²) in [6, 6.07) is 0. The molecule has 1 rings (SSSR count). The molecule has 0 spiro atoms. The zero-order chi connectivity index (χ0) is 12.0. The molecule has 1 heterocycles. The molecule has 1 unspecified atom stereocenters. The second kappa shape index (κ2) is 6.64. The van der Waals surface area contributed by atoms with E-state index in [0.29, 0.717) is 5.41 Å². The van der Waals surface area contributed by atoms with E-state index in [1.54, 1.807) is 0 Å². The molecular formula is C15H31N. The van der Waals surface area contributed by atoms with Crippen molar-refractivity contribution >= 4 is 0 Å². The molecule has 0 aromatic heterocycles. The number of rotatable bonds is 8. The van der Waals surface area contributed by atoms with Gasteiger partial charge in [-0.3, -0.25) is 0 Å². The first-order valence-electron chi connectivity index (χ1n) is 7.32. The molecular weight excluding hydrogens is 194 g/mol. The van der Waals surface area contributed by atoms with Crippen LogP contribution in [0.25, 0.3) is 0 Å². The van der Waals surface area contributed by atoms with Gasteiger partial charge in [0.1, 0.15) is 0 Å². The van der Waals surface area contributed by atoms with Gasteiger partial charge < -0.3 is 5.32 Å². The van der Waals surface area contributed by atoms with Gasteiger partial charge in [-0.2, -0.15) is 0 Å². The third kappa shape index (κ3) is 4.08. The molecule has 1 N–H and O–H groups in total. The van der Waals surface area contributed by atoms with Crippen molar-refractivity contribution in [1.29, 1.82) is 0 Å². The molecule has 96 valence electrons. The molecule has 1 atom stereocenters. The van der Waals surface area contributed by atoms with Gasteiger partial charge in [-0.15, -0.1) is 0 Å². The van der Waals surface area contributed by atoms with E-state index in [9.17, 15) is 0 Å². The van der Waals surface area contributed by atoms with E-state index in [1.807, 2.05) is 0 Å². The van der Waals surface area contributed by atoms with Crippen molar-refractivity contribution in [3.8, 4) is 0 Å². The summed E-state index contributed by atoms with van der Waals surface area (Å²) < 4.78 is 0. The summed E-state index contributed by atoms with van der Waals surface area (Å²) in [7, 11) is 0. The van der Waals surface area contributed by atoms with E-state index >= 15 is 0 Å². The predicted molar refractivity (Wildman–Crippen MR) is 72.7 cm³/mol. The molecule has 1 fully saturated rings.